The summed E-state index contributed by atoms with van der Waals surface area (Å²) in [6.07, 6.45) is 4.22. The lowest BCUT2D eigenvalue weighted by molar-refractivity contribution is -0.133. The Bertz CT molecular complexity index is 770. The van der Waals surface area contributed by atoms with E-state index in [1.165, 1.54) is 0 Å². The number of nitrogens with one attached hydrogen (secondary N) is 2. The van der Waals surface area contributed by atoms with Crippen molar-refractivity contribution in [1.29, 1.82) is 0 Å². The molecular weight excluding hydrogens is 358 g/mol. The fraction of sp³-hybridized carbons (Fsp3) is 0.381. The molecule has 3 rings (SSSR count). The van der Waals surface area contributed by atoms with Crippen molar-refractivity contribution in [3.8, 4) is 0 Å². The molecule has 0 unspecified atom stereocenters. The van der Waals surface area contributed by atoms with Gasteiger partial charge >= 0.3 is 0 Å². The summed E-state index contributed by atoms with van der Waals surface area (Å²) in [5.74, 6) is -0.271. The van der Waals surface area contributed by atoms with E-state index < -0.39 is 6.10 Å². The van der Waals surface area contributed by atoms with Crippen LogP contribution in [0.2, 0.25) is 0 Å². The smallest absolute Gasteiger partial charge is 0.226 e. The molecule has 2 amide bonds. The van der Waals surface area contributed by atoms with Gasteiger partial charge in [0.15, 0.2) is 0 Å². The van der Waals surface area contributed by atoms with Crippen molar-refractivity contribution in [3.05, 3.63) is 60.4 Å². The van der Waals surface area contributed by atoms with Crippen LogP contribution in [-0.2, 0) is 20.7 Å². The van der Waals surface area contributed by atoms with Gasteiger partial charge in [-0.3, -0.25) is 14.6 Å². The number of aliphatic hydroxyl groups excluding tert-OH is 1. The number of anilines is 1. The van der Waals surface area contributed by atoms with Crippen molar-refractivity contribution in [3.63, 3.8) is 0 Å². The topological polar surface area (TPSA) is 101 Å². The lowest BCUT2D eigenvalue weighted by Crippen LogP contribution is -2.51. The highest BCUT2D eigenvalue weighted by atomic mass is 16.5. The molecule has 0 saturated carbocycles. The van der Waals surface area contributed by atoms with Gasteiger partial charge in [0.1, 0.15) is 6.10 Å². The maximum absolute atomic E-state index is 12.3. The maximum atomic E-state index is 12.3. The van der Waals surface area contributed by atoms with Gasteiger partial charge in [-0.05, 0) is 36.6 Å². The molecule has 0 bridgehead atoms. The van der Waals surface area contributed by atoms with E-state index >= 15 is 0 Å². The van der Waals surface area contributed by atoms with Gasteiger partial charge in [0.05, 0.1) is 31.6 Å². The number of benzene rings is 1. The molecule has 0 aliphatic carbocycles. The molecule has 3 N–H and O–H groups in total. The summed E-state index contributed by atoms with van der Waals surface area (Å²) in [5, 5.41) is 15.4. The third kappa shape index (κ3) is 5.87. The molecule has 7 heteroatoms. The number of pyridine rings is 1. The zero-order valence-corrected chi connectivity index (χ0v) is 15.6. The molecule has 1 saturated heterocycles. The number of ether oxygens (including phenoxy) is 1. The van der Waals surface area contributed by atoms with Crippen LogP contribution in [0.4, 0.5) is 5.69 Å². The molecule has 1 aromatic carbocycles. The predicted octanol–water partition coefficient (Wildman–Crippen LogP) is 1.68. The summed E-state index contributed by atoms with van der Waals surface area (Å²) < 4.78 is 5.87. The normalized spacial score (nSPS) is 21.7. The Morgan fingerprint density at radius 3 is 2.64 bits per heavy atom. The molecule has 148 valence electrons. The second-order valence-electron chi connectivity index (χ2n) is 6.89. The van der Waals surface area contributed by atoms with E-state index in [-0.39, 0.29) is 43.4 Å². The molecule has 1 fully saturated rings. The minimum atomic E-state index is -0.527. The van der Waals surface area contributed by atoms with E-state index in [4.69, 9.17) is 4.74 Å². The standard InChI is InChI=1S/C21H25N3O4/c25-14-19-18(24-20(26)11-15-5-4-10-22-13-15)9-8-17(28-19)12-21(27)23-16-6-2-1-3-7-16/h1-7,10,13,17-19,25H,8-9,11-12,14H2,(H,23,27)(H,24,26)/t17-,18-,19+/m1/s1. The number of aromatic nitrogens is 1. The van der Waals surface area contributed by atoms with Crippen LogP contribution in [0.25, 0.3) is 0 Å². The van der Waals surface area contributed by atoms with Crippen LogP contribution in [0.1, 0.15) is 24.8 Å². The Morgan fingerprint density at radius 1 is 1.11 bits per heavy atom. The third-order valence-electron chi connectivity index (χ3n) is 4.70. The number of carbonyl (C=O) groups excluding carboxylic acids is 2. The molecule has 0 spiro atoms. The van der Waals surface area contributed by atoms with E-state index in [1.807, 2.05) is 36.4 Å². The number of hydrogen-bond acceptors (Lipinski definition) is 5. The molecule has 28 heavy (non-hydrogen) atoms. The van der Waals surface area contributed by atoms with Crippen LogP contribution in [0.3, 0.4) is 0 Å². The van der Waals surface area contributed by atoms with Crippen molar-refractivity contribution < 1.29 is 19.4 Å². The van der Waals surface area contributed by atoms with Crippen molar-refractivity contribution in [2.75, 3.05) is 11.9 Å². The molecule has 2 aromatic rings. The van der Waals surface area contributed by atoms with E-state index in [0.717, 1.165) is 11.3 Å². The summed E-state index contributed by atoms with van der Waals surface area (Å²) in [5.41, 5.74) is 1.57. The van der Waals surface area contributed by atoms with Crippen molar-refractivity contribution >= 4 is 17.5 Å². The number of hydrogen-bond donors (Lipinski definition) is 3. The molecule has 3 atom stereocenters. The maximum Gasteiger partial charge on any atom is 0.226 e. The van der Waals surface area contributed by atoms with Crippen LogP contribution in [0, 0.1) is 0 Å². The Hall–Kier alpha value is -2.77. The molecule has 0 radical (unpaired) electrons. The second kappa shape index (κ2) is 9.96. The number of rotatable bonds is 7. The zero-order valence-electron chi connectivity index (χ0n) is 15.6. The van der Waals surface area contributed by atoms with Crippen molar-refractivity contribution in [2.24, 2.45) is 0 Å². The fourth-order valence-corrected chi connectivity index (χ4v) is 3.33. The van der Waals surface area contributed by atoms with Gasteiger partial charge < -0.3 is 20.5 Å². The molecule has 1 aromatic heterocycles. The van der Waals surface area contributed by atoms with Crippen LogP contribution >= 0.6 is 0 Å². The molecular formula is C21H25N3O4. The average Bonchev–Trinajstić information content (AvgIpc) is 2.70. The third-order valence-corrected chi connectivity index (χ3v) is 4.70. The minimum Gasteiger partial charge on any atom is -0.394 e. The predicted molar refractivity (Wildman–Crippen MR) is 105 cm³/mol. The Labute approximate surface area is 164 Å². The first-order valence-electron chi connectivity index (χ1n) is 9.43. The highest BCUT2D eigenvalue weighted by Crippen LogP contribution is 2.22. The van der Waals surface area contributed by atoms with Crippen LogP contribution in [-0.4, -0.2) is 46.8 Å². The molecule has 1 aliphatic rings. The minimum absolute atomic E-state index is 0.132. The van der Waals surface area contributed by atoms with Crippen LogP contribution < -0.4 is 10.6 Å². The summed E-state index contributed by atoms with van der Waals surface area (Å²) in [6, 6.07) is 12.6. The van der Waals surface area contributed by atoms with Crippen molar-refractivity contribution in [1.82, 2.24) is 10.3 Å². The average molecular weight is 383 g/mol. The number of nitrogens with zero attached hydrogens (tertiary/aromatic N) is 1. The van der Waals surface area contributed by atoms with Gasteiger partial charge in [0.2, 0.25) is 11.8 Å². The molecule has 2 heterocycles. The lowest BCUT2D eigenvalue weighted by atomic mass is 9.96. The Morgan fingerprint density at radius 2 is 1.93 bits per heavy atom. The van der Waals surface area contributed by atoms with Gasteiger partial charge in [0, 0.05) is 18.1 Å². The first-order valence-corrected chi connectivity index (χ1v) is 9.43. The van der Waals surface area contributed by atoms with E-state index in [0.29, 0.717) is 12.8 Å². The van der Waals surface area contributed by atoms with Gasteiger partial charge in [-0.25, -0.2) is 0 Å². The summed E-state index contributed by atoms with van der Waals surface area (Å²) in [6.45, 7) is -0.214. The van der Waals surface area contributed by atoms with E-state index in [1.54, 1.807) is 18.5 Å². The second-order valence-corrected chi connectivity index (χ2v) is 6.89. The SMILES string of the molecule is O=C(C[C@H]1CC[C@@H](NC(=O)Cc2cccnc2)[C@H](CO)O1)Nc1ccccc1. The highest BCUT2D eigenvalue weighted by molar-refractivity contribution is 5.91. The number of amides is 2. The van der Waals surface area contributed by atoms with Gasteiger partial charge in [-0.15, -0.1) is 0 Å². The van der Waals surface area contributed by atoms with Gasteiger partial charge in [0.25, 0.3) is 0 Å². The summed E-state index contributed by atoms with van der Waals surface area (Å²) >= 11 is 0. The quantitative estimate of drug-likeness (QED) is 0.675. The monoisotopic (exact) mass is 383 g/mol. The Balaban J connectivity index is 1.47. The van der Waals surface area contributed by atoms with Crippen LogP contribution in [0.15, 0.2) is 54.9 Å². The largest absolute Gasteiger partial charge is 0.394 e. The fourth-order valence-electron chi connectivity index (χ4n) is 3.33. The molecule has 1 aliphatic heterocycles. The van der Waals surface area contributed by atoms with Crippen molar-refractivity contribution in [2.45, 2.75) is 43.9 Å². The highest BCUT2D eigenvalue weighted by Gasteiger charge is 2.32. The van der Waals surface area contributed by atoms with Crippen LogP contribution in [0.5, 0.6) is 0 Å². The van der Waals surface area contributed by atoms with E-state index in [9.17, 15) is 14.7 Å². The summed E-state index contributed by atoms with van der Waals surface area (Å²) in [4.78, 5) is 28.5. The molecule has 7 nitrogen and oxygen atoms in total. The number of carbonyl (C=O) groups is 2. The van der Waals surface area contributed by atoms with E-state index in [2.05, 4.69) is 15.6 Å². The first-order chi connectivity index (χ1) is 13.6. The number of aliphatic hydroxyl groups is 1. The first kappa shape index (κ1) is 20.0. The van der Waals surface area contributed by atoms with Gasteiger partial charge in [-0.2, -0.15) is 0 Å². The number of para-hydroxylation sites is 1. The Kier molecular flexibility index (Phi) is 7.11. The summed E-state index contributed by atoms with van der Waals surface area (Å²) in [7, 11) is 0. The lowest BCUT2D eigenvalue weighted by Gasteiger charge is -2.36. The zero-order chi connectivity index (χ0) is 19.8. The van der Waals surface area contributed by atoms with Gasteiger partial charge in [-0.1, -0.05) is 24.3 Å².